The molecule has 31 heavy (non-hydrogen) atoms. The number of amides is 1. The Morgan fingerprint density at radius 2 is 1.74 bits per heavy atom. The summed E-state index contributed by atoms with van der Waals surface area (Å²) >= 11 is 0. The van der Waals surface area contributed by atoms with E-state index < -0.39 is 0 Å². The summed E-state index contributed by atoms with van der Waals surface area (Å²) in [5, 5.41) is 3.94. The van der Waals surface area contributed by atoms with Gasteiger partial charge in [0.25, 0.3) is 5.91 Å². The number of aryl methyl sites for hydroxylation is 2. The zero-order valence-electron chi connectivity index (χ0n) is 17.6. The zero-order valence-corrected chi connectivity index (χ0v) is 17.6. The van der Waals surface area contributed by atoms with Gasteiger partial charge in [0.2, 0.25) is 0 Å². The Labute approximate surface area is 181 Å². The van der Waals surface area contributed by atoms with Crippen LogP contribution in [0.25, 0.3) is 0 Å². The van der Waals surface area contributed by atoms with Gasteiger partial charge in [-0.1, -0.05) is 35.5 Å². The highest BCUT2D eigenvalue weighted by Gasteiger charge is 2.18. The molecule has 158 valence electrons. The van der Waals surface area contributed by atoms with Crippen LogP contribution in [0.5, 0.6) is 5.75 Å². The fraction of sp³-hybridized carbons (Fsp3) is 0.200. The van der Waals surface area contributed by atoms with Gasteiger partial charge in [-0.25, -0.2) is 0 Å². The molecule has 6 nitrogen and oxygen atoms in total. The maximum atomic E-state index is 13.2. The highest BCUT2D eigenvalue weighted by molar-refractivity contribution is 5.94. The fourth-order valence-corrected chi connectivity index (χ4v) is 3.33. The van der Waals surface area contributed by atoms with Crippen molar-refractivity contribution in [3.05, 3.63) is 107 Å². The second-order valence-corrected chi connectivity index (χ2v) is 7.34. The lowest BCUT2D eigenvalue weighted by Crippen LogP contribution is -2.30. The monoisotopic (exact) mass is 416 g/mol. The lowest BCUT2D eigenvalue weighted by atomic mass is 10.1. The molecule has 2 aromatic heterocycles. The smallest absolute Gasteiger partial charge is 0.254 e. The van der Waals surface area contributed by atoms with Gasteiger partial charge in [-0.15, -0.1) is 0 Å². The van der Waals surface area contributed by atoms with Crippen molar-refractivity contribution in [1.29, 1.82) is 0 Å². The van der Waals surface area contributed by atoms with Crippen molar-refractivity contribution < 1.29 is 18.5 Å². The zero-order chi connectivity index (χ0) is 21.6. The molecule has 0 fully saturated rings. The van der Waals surface area contributed by atoms with Gasteiger partial charge >= 0.3 is 0 Å². The van der Waals surface area contributed by atoms with Crippen LogP contribution in [0, 0.1) is 13.8 Å². The number of hydrogen-bond acceptors (Lipinski definition) is 5. The molecular formula is C25H24N2O4. The summed E-state index contributed by atoms with van der Waals surface area (Å²) in [4.78, 5) is 15.0. The third-order valence-corrected chi connectivity index (χ3v) is 5.10. The maximum Gasteiger partial charge on any atom is 0.254 e. The third kappa shape index (κ3) is 5.04. The largest absolute Gasteiger partial charge is 0.489 e. The molecule has 2 aromatic carbocycles. The molecule has 0 unspecified atom stereocenters. The van der Waals surface area contributed by atoms with Crippen molar-refractivity contribution in [2.45, 2.75) is 33.5 Å². The quantitative estimate of drug-likeness (QED) is 0.390. The average molecular weight is 416 g/mol. The van der Waals surface area contributed by atoms with Crippen molar-refractivity contribution >= 4 is 5.91 Å². The van der Waals surface area contributed by atoms with E-state index in [1.807, 2.05) is 56.3 Å². The van der Waals surface area contributed by atoms with Crippen LogP contribution < -0.4 is 4.74 Å². The van der Waals surface area contributed by atoms with Crippen LogP contribution in [0.4, 0.5) is 0 Å². The second kappa shape index (κ2) is 9.34. The molecule has 0 saturated heterocycles. The minimum atomic E-state index is -0.0717. The number of carbonyl (C=O) groups excluding carboxylic acids is 1. The standard InChI is InChI=1S/C25H24N2O4/c1-18-24(19(2)31-26-18)17-30-22-12-10-21(11-13-22)25(28)27(16-23-9-6-14-29-23)15-20-7-4-3-5-8-20/h3-14H,15-17H2,1-2H3. The van der Waals surface area contributed by atoms with Gasteiger partial charge in [0, 0.05) is 12.1 Å². The van der Waals surface area contributed by atoms with E-state index in [1.54, 1.807) is 35.4 Å². The first kappa shape index (κ1) is 20.5. The predicted octanol–water partition coefficient (Wildman–Crippen LogP) is 5.31. The molecule has 0 aliphatic heterocycles. The van der Waals surface area contributed by atoms with Crippen molar-refractivity contribution in [3.8, 4) is 5.75 Å². The fourth-order valence-electron chi connectivity index (χ4n) is 3.33. The Morgan fingerprint density at radius 3 is 2.39 bits per heavy atom. The van der Waals surface area contributed by atoms with Gasteiger partial charge in [-0.05, 0) is 55.8 Å². The first-order valence-electron chi connectivity index (χ1n) is 10.1. The number of rotatable bonds is 8. The molecule has 1 amide bonds. The first-order chi connectivity index (χ1) is 15.1. The summed E-state index contributed by atoms with van der Waals surface area (Å²) in [5.41, 5.74) is 3.40. The topological polar surface area (TPSA) is 68.7 Å². The summed E-state index contributed by atoms with van der Waals surface area (Å²) in [7, 11) is 0. The summed E-state index contributed by atoms with van der Waals surface area (Å²) < 4.78 is 16.5. The Hall–Kier alpha value is -3.80. The molecule has 6 heteroatoms. The maximum absolute atomic E-state index is 13.2. The molecular weight excluding hydrogens is 392 g/mol. The second-order valence-electron chi connectivity index (χ2n) is 7.34. The molecule has 0 N–H and O–H groups in total. The minimum Gasteiger partial charge on any atom is -0.489 e. The Bertz CT molecular complexity index is 1100. The van der Waals surface area contributed by atoms with Crippen molar-refractivity contribution in [2.75, 3.05) is 0 Å². The summed E-state index contributed by atoms with van der Waals surface area (Å²) in [5.74, 6) is 2.09. The number of carbonyl (C=O) groups is 1. The van der Waals surface area contributed by atoms with Crippen LogP contribution in [-0.4, -0.2) is 16.0 Å². The van der Waals surface area contributed by atoms with Crippen molar-refractivity contribution in [1.82, 2.24) is 10.1 Å². The van der Waals surface area contributed by atoms with E-state index in [-0.39, 0.29) is 5.91 Å². The number of benzene rings is 2. The Morgan fingerprint density at radius 1 is 0.968 bits per heavy atom. The van der Waals surface area contributed by atoms with Crippen LogP contribution in [0.3, 0.4) is 0 Å². The summed E-state index contributed by atoms with van der Waals surface area (Å²) in [6, 6.07) is 20.8. The predicted molar refractivity (Wildman–Crippen MR) is 115 cm³/mol. The Balaban J connectivity index is 1.47. The van der Waals surface area contributed by atoms with E-state index in [2.05, 4.69) is 5.16 Å². The number of hydrogen-bond donors (Lipinski definition) is 0. The normalized spacial score (nSPS) is 10.8. The van der Waals surface area contributed by atoms with Gasteiger partial charge in [0.05, 0.1) is 24.1 Å². The first-order valence-corrected chi connectivity index (χ1v) is 10.1. The lowest BCUT2D eigenvalue weighted by Gasteiger charge is -2.22. The molecule has 0 bridgehead atoms. The van der Waals surface area contributed by atoms with E-state index in [9.17, 15) is 4.79 Å². The minimum absolute atomic E-state index is 0.0717. The van der Waals surface area contributed by atoms with Crippen LogP contribution >= 0.6 is 0 Å². The van der Waals surface area contributed by atoms with Crippen LogP contribution in [0.1, 0.15) is 38.7 Å². The van der Waals surface area contributed by atoms with Crippen molar-refractivity contribution in [3.63, 3.8) is 0 Å². The number of aromatic nitrogens is 1. The van der Waals surface area contributed by atoms with Crippen LogP contribution in [0.15, 0.2) is 81.9 Å². The molecule has 4 rings (SSSR count). The lowest BCUT2D eigenvalue weighted by molar-refractivity contribution is 0.0717. The molecule has 0 radical (unpaired) electrons. The van der Waals surface area contributed by atoms with Gasteiger partial charge < -0.3 is 18.6 Å². The molecule has 2 heterocycles. The summed E-state index contributed by atoms with van der Waals surface area (Å²) in [6.07, 6.45) is 1.62. The van der Waals surface area contributed by atoms with E-state index in [4.69, 9.17) is 13.7 Å². The van der Waals surface area contributed by atoms with E-state index in [0.717, 1.165) is 28.3 Å². The molecule has 0 atom stereocenters. The van der Waals surface area contributed by atoms with Crippen molar-refractivity contribution in [2.24, 2.45) is 0 Å². The summed E-state index contributed by atoms with van der Waals surface area (Å²) in [6.45, 7) is 5.00. The SMILES string of the molecule is Cc1noc(C)c1COc1ccc(C(=O)N(Cc2ccccc2)Cc2ccco2)cc1. The van der Waals surface area contributed by atoms with E-state index >= 15 is 0 Å². The highest BCUT2D eigenvalue weighted by Crippen LogP contribution is 2.20. The van der Waals surface area contributed by atoms with Crippen LogP contribution in [0.2, 0.25) is 0 Å². The average Bonchev–Trinajstić information content (AvgIpc) is 3.42. The van der Waals surface area contributed by atoms with Gasteiger partial charge in [0.15, 0.2) is 0 Å². The van der Waals surface area contributed by atoms with E-state index in [1.165, 1.54) is 0 Å². The van der Waals surface area contributed by atoms with Gasteiger partial charge in [0.1, 0.15) is 23.9 Å². The number of nitrogens with zero attached hydrogens (tertiary/aromatic N) is 2. The van der Waals surface area contributed by atoms with Crippen LogP contribution in [-0.2, 0) is 19.7 Å². The Kier molecular flexibility index (Phi) is 6.17. The number of furan rings is 1. The van der Waals surface area contributed by atoms with Gasteiger partial charge in [-0.3, -0.25) is 4.79 Å². The molecule has 0 spiro atoms. The highest BCUT2D eigenvalue weighted by atomic mass is 16.5. The molecule has 0 saturated carbocycles. The number of ether oxygens (including phenoxy) is 1. The molecule has 0 aliphatic carbocycles. The molecule has 4 aromatic rings. The van der Waals surface area contributed by atoms with E-state index in [0.29, 0.717) is 31.0 Å². The third-order valence-electron chi connectivity index (χ3n) is 5.10. The van der Waals surface area contributed by atoms with Gasteiger partial charge in [-0.2, -0.15) is 0 Å². The molecule has 0 aliphatic rings.